The van der Waals surface area contributed by atoms with E-state index in [1.54, 1.807) is 5.38 Å². The number of aliphatic carboxylic acids is 1. The molecule has 1 heterocycles. The number of nitrogens with zero attached hydrogens (tertiary/aromatic N) is 1. The molecule has 0 aromatic carbocycles. The molecule has 1 atom stereocenters. The Bertz CT molecular complexity index is 421. The average molecular weight is 272 g/mol. The average Bonchev–Trinajstić information content (AvgIpc) is 2.69. The van der Waals surface area contributed by atoms with Crippen LogP contribution >= 0.6 is 11.3 Å². The summed E-state index contributed by atoms with van der Waals surface area (Å²) < 4.78 is 0. The summed E-state index contributed by atoms with van der Waals surface area (Å²) in [6, 6.07) is -0.875. The van der Waals surface area contributed by atoms with Crippen molar-refractivity contribution in [2.24, 2.45) is 5.73 Å². The first kappa shape index (κ1) is 14.4. The molecule has 100 valence electrons. The number of rotatable bonds is 7. The Labute approximate surface area is 108 Å². The number of hydrogen-bond donors (Lipinski definition) is 4. The zero-order valence-corrected chi connectivity index (χ0v) is 10.6. The molecule has 0 saturated carbocycles. The van der Waals surface area contributed by atoms with Crippen LogP contribution in [-0.4, -0.2) is 34.6 Å². The van der Waals surface area contributed by atoms with Gasteiger partial charge in [0.15, 0.2) is 5.13 Å². The number of thiazole rings is 1. The molecule has 0 aliphatic rings. The molecule has 6 N–H and O–H groups in total. The summed E-state index contributed by atoms with van der Waals surface area (Å²) in [6.07, 6.45) is 1.04. The van der Waals surface area contributed by atoms with E-state index in [0.717, 1.165) is 0 Å². The highest BCUT2D eigenvalue weighted by Crippen LogP contribution is 2.11. The standard InChI is InChI=1S/C10H16N4O3S/c11-7(9(16)17)2-1-3-13-8(15)4-6-5-18-10(12)14-6/h5,7H,1-4,11H2,(H2,12,14)(H,13,15)(H,16,17). The molecule has 1 unspecified atom stereocenters. The summed E-state index contributed by atoms with van der Waals surface area (Å²) in [5.41, 5.74) is 11.4. The van der Waals surface area contributed by atoms with Gasteiger partial charge < -0.3 is 21.9 Å². The largest absolute Gasteiger partial charge is 0.480 e. The first-order valence-electron chi connectivity index (χ1n) is 5.44. The van der Waals surface area contributed by atoms with Crippen LogP contribution in [0.4, 0.5) is 5.13 Å². The monoisotopic (exact) mass is 272 g/mol. The zero-order valence-electron chi connectivity index (χ0n) is 9.76. The molecule has 1 amide bonds. The Hall–Kier alpha value is -1.67. The minimum Gasteiger partial charge on any atom is -0.480 e. The second kappa shape index (κ2) is 6.92. The fourth-order valence-corrected chi connectivity index (χ4v) is 1.87. The van der Waals surface area contributed by atoms with Gasteiger partial charge in [-0.05, 0) is 12.8 Å². The quantitative estimate of drug-likeness (QED) is 0.498. The number of amides is 1. The maximum absolute atomic E-state index is 11.5. The van der Waals surface area contributed by atoms with Crippen molar-refractivity contribution in [2.45, 2.75) is 25.3 Å². The van der Waals surface area contributed by atoms with Crippen molar-refractivity contribution in [1.29, 1.82) is 0 Å². The highest BCUT2D eigenvalue weighted by Gasteiger charge is 2.11. The normalized spacial score (nSPS) is 12.1. The number of carboxylic acids is 1. The van der Waals surface area contributed by atoms with Gasteiger partial charge in [-0.25, -0.2) is 4.98 Å². The summed E-state index contributed by atoms with van der Waals surface area (Å²) in [4.78, 5) is 25.9. The van der Waals surface area contributed by atoms with Crippen LogP contribution in [0.5, 0.6) is 0 Å². The van der Waals surface area contributed by atoms with Crippen LogP contribution in [0.15, 0.2) is 5.38 Å². The van der Waals surface area contributed by atoms with Crippen molar-refractivity contribution >= 4 is 28.3 Å². The summed E-state index contributed by atoms with van der Waals surface area (Å²) in [5, 5.41) is 13.4. The Morgan fingerprint density at radius 1 is 1.56 bits per heavy atom. The Kier molecular flexibility index (Phi) is 5.53. The summed E-state index contributed by atoms with van der Waals surface area (Å²) in [6.45, 7) is 0.402. The van der Waals surface area contributed by atoms with E-state index >= 15 is 0 Å². The highest BCUT2D eigenvalue weighted by atomic mass is 32.1. The van der Waals surface area contributed by atoms with Gasteiger partial charge in [-0.15, -0.1) is 11.3 Å². The van der Waals surface area contributed by atoms with Crippen LogP contribution < -0.4 is 16.8 Å². The molecule has 0 aliphatic heterocycles. The van der Waals surface area contributed by atoms with Crippen molar-refractivity contribution in [3.8, 4) is 0 Å². The summed E-state index contributed by atoms with van der Waals surface area (Å²) in [5.74, 6) is -1.19. The zero-order chi connectivity index (χ0) is 13.5. The number of aromatic nitrogens is 1. The SMILES string of the molecule is Nc1nc(CC(=O)NCCCC(N)C(=O)O)cs1. The number of nitrogens with one attached hydrogen (secondary N) is 1. The molecule has 0 radical (unpaired) electrons. The lowest BCUT2D eigenvalue weighted by molar-refractivity contribution is -0.138. The van der Waals surface area contributed by atoms with Crippen LogP contribution in [-0.2, 0) is 16.0 Å². The first-order valence-corrected chi connectivity index (χ1v) is 6.32. The number of carboxylic acid groups (broad SMARTS) is 1. The fourth-order valence-electron chi connectivity index (χ4n) is 1.30. The van der Waals surface area contributed by atoms with Gasteiger partial charge in [0.25, 0.3) is 0 Å². The fraction of sp³-hybridized carbons (Fsp3) is 0.500. The van der Waals surface area contributed by atoms with E-state index < -0.39 is 12.0 Å². The van der Waals surface area contributed by atoms with Crippen LogP contribution in [0.1, 0.15) is 18.5 Å². The molecule has 8 heteroatoms. The smallest absolute Gasteiger partial charge is 0.320 e. The van der Waals surface area contributed by atoms with Gasteiger partial charge in [0, 0.05) is 11.9 Å². The Morgan fingerprint density at radius 3 is 2.83 bits per heavy atom. The minimum atomic E-state index is -1.03. The maximum Gasteiger partial charge on any atom is 0.320 e. The van der Waals surface area contributed by atoms with Crippen LogP contribution in [0, 0.1) is 0 Å². The lowest BCUT2D eigenvalue weighted by atomic mass is 10.2. The van der Waals surface area contributed by atoms with E-state index in [4.69, 9.17) is 16.6 Å². The van der Waals surface area contributed by atoms with E-state index in [0.29, 0.717) is 30.2 Å². The lowest BCUT2D eigenvalue weighted by Gasteiger charge is -2.06. The van der Waals surface area contributed by atoms with Gasteiger partial charge in [-0.1, -0.05) is 0 Å². The van der Waals surface area contributed by atoms with Crippen molar-refractivity contribution in [3.05, 3.63) is 11.1 Å². The predicted molar refractivity (Wildman–Crippen MR) is 68.1 cm³/mol. The predicted octanol–water partition coefficient (Wildman–Crippen LogP) is -0.424. The number of hydrogen-bond acceptors (Lipinski definition) is 6. The maximum atomic E-state index is 11.5. The lowest BCUT2D eigenvalue weighted by Crippen LogP contribution is -2.32. The van der Waals surface area contributed by atoms with Gasteiger partial charge in [0.1, 0.15) is 6.04 Å². The third kappa shape index (κ3) is 5.11. The van der Waals surface area contributed by atoms with Crippen LogP contribution in [0.3, 0.4) is 0 Å². The third-order valence-corrected chi connectivity index (χ3v) is 2.97. The molecule has 0 bridgehead atoms. The minimum absolute atomic E-state index is 0.163. The molecule has 18 heavy (non-hydrogen) atoms. The van der Waals surface area contributed by atoms with Gasteiger partial charge >= 0.3 is 5.97 Å². The van der Waals surface area contributed by atoms with E-state index in [9.17, 15) is 9.59 Å². The number of carbonyl (C=O) groups excluding carboxylic acids is 1. The molecular weight excluding hydrogens is 256 g/mol. The number of carbonyl (C=O) groups is 2. The molecular formula is C10H16N4O3S. The number of nitrogen functional groups attached to an aromatic ring is 1. The molecule has 0 saturated heterocycles. The van der Waals surface area contributed by atoms with Gasteiger partial charge in [0.05, 0.1) is 12.1 Å². The second-order valence-electron chi connectivity index (χ2n) is 3.79. The van der Waals surface area contributed by atoms with Crippen molar-refractivity contribution in [3.63, 3.8) is 0 Å². The van der Waals surface area contributed by atoms with Gasteiger partial charge in [-0.2, -0.15) is 0 Å². The van der Waals surface area contributed by atoms with Crippen LogP contribution in [0.2, 0.25) is 0 Å². The molecule has 1 rings (SSSR count). The molecule has 0 aliphatic carbocycles. The molecule has 7 nitrogen and oxygen atoms in total. The summed E-state index contributed by atoms with van der Waals surface area (Å²) >= 11 is 1.29. The van der Waals surface area contributed by atoms with Crippen molar-refractivity contribution < 1.29 is 14.7 Å². The van der Waals surface area contributed by atoms with E-state index in [1.807, 2.05) is 0 Å². The number of anilines is 1. The summed E-state index contributed by atoms with van der Waals surface area (Å²) in [7, 11) is 0. The van der Waals surface area contributed by atoms with Gasteiger partial charge in [0.2, 0.25) is 5.91 Å². The van der Waals surface area contributed by atoms with E-state index in [1.165, 1.54) is 11.3 Å². The second-order valence-corrected chi connectivity index (χ2v) is 4.68. The first-order chi connectivity index (χ1) is 8.49. The highest BCUT2D eigenvalue weighted by molar-refractivity contribution is 7.13. The van der Waals surface area contributed by atoms with Gasteiger partial charge in [-0.3, -0.25) is 9.59 Å². The van der Waals surface area contributed by atoms with E-state index in [2.05, 4.69) is 10.3 Å². The molecule has 0 spiro atoms. The Morgan fingerprint density at radius 2 is 2.28 bits per heavy atom. The van der Waals surface area contributed by atoms with E-state index in [-0.39, 0.29) is 12.3 Å². The van der Waals surface area contributed by atoms with Crippen molar-refractivity contribution in [1.82, 2.24) is 10.3 Å². The topological polar surface area (TPSA) is 131 Å². The molecule has 0 fully saturated rings. The van der Waals surface area contributed by atoms with Crippen LogP contribution in [0.25, 0.3) is 0 Å². The Balaban J connectivity index is 2.16. The number of nitrogens with two attached hydrogens (primary N) is 2. The molecule has 1 aromatic heterocycles. The van der Waals surface area contributed by atoms with Crippen molar-refractivity contribution in [2.75, 3.05) is 12.3 Å². The third-order valence-electron chi connectivity index (χ3n) is 2.24. The molecule has 1 aromatic rings.